The third kappa shape index (κ3) is 3.60. The van der Waals surface area contributed by atoms with Gasteiger partial charge in [-0.3, -0.25) is 19.4 Å². The number of carbonyl (C=O) groups excluding carboxylic acids is 1. The van der Waals surface area contributed by atoms with Crippen molar-refractivity contribution in [3.63, 3.8) is 0 Å². The van der Waals surface area contributed by atoms with E-state index in [0.717, 1.165) is 6.20 Å². The van der Waals surface area contributed by atoms with Crippen LogP contribution in [0.15, 0.2) is 51.2 Å². The Morgan fingerprint density at radius 2 is 2.08 bits per heavy atom. The first-order chi connectivity index (χ1) is 12.0. The highest BCUT2D eigenvalue weighted by atomic mass is 16.2. The van der Waals surface area contributed by atoms with Gasteiger partial charge in [-0.2, -0.15) is 5.10 Å². The fraction of sp³-hybridized carbons (Fsp3) is 0.143. The number of nitrogens with one attached hydrogen (secondary N) is 3. The molecule has 3 rings (SSSR count). The average molecular weight is 343 g/mol. The van der Waals surface area contributed by atoms with Gasteiger partial charge in [0.15, 0.2) is 5.82 Å². The minimum absolute atomic E-state index is 0.0624. The fourth-order valence-electron chi connectivity index (χ4n) is 2.07. The zero-order valence-corrected chi connectivity index (χ0v) is 12.8. The molecular formula is C14H13N7O4. The first kappa shape index (κ1) is 16.1. The van der Waals surface area contributed by atoms with Gasteiger partial charge in [0.1, 0.15) is 5.56 Å². The normalized spacial score (nSPS) is 10.6. The van der Waals surface area contributed by atoms with Crippen LogP contribution in [0, 0.1) is 0 Å². The lowest BCUT2D eigenvalue weighted by Crippen LogP contribution is -2.36. The SMILES string of the molecule is O=C(NCCn1nc(-n2cccn2)ccc1=O)c1c[nH]c(=O)[nH]c1=O. The van der Waals surface area contributed by atoms with E-state index in [1.165, 1.54) is 21.5 Å². The standard InChI is InChI=1S/C14H13N7O4/c22-11-3-2-10(20-6-1-4-17-20)19-21(11)7-5-15-12(23)9-8-16-14(25)18-13(9)24/h1-4,6,8H,5,7H2,(H,15,23)(H2,16,18,24,25). The molecule has 0 atom stereocenters. The predicted octanol–water partition coefficient (Wildman–Crippen LogP) is -1.76. The number of hydrogen-bond acceptors (Lipinski definition) is 6. The summed E-state index contributed by atoms with van der Waals surface area (Å²) in [5, 5.41) is 10.7. The Hall–Kier alpha value is -3.76. The first-order valence-electron chi connectivity index (χ1n) is 7.23. The van der Waals surface area contributed by atoms with Gasteiger partial charge in [-0.15, -0.1) is 5.10 Å². The highest BCUT2D eigenvalue weighted by Gasteiger charge is 2.10. The van der Waals surface area contributed by atoms with Gasteiger partial charge in [0.25, 0.3) is 17.0 Å². The number of amides is 1. The van der Waals surface area contributed by atoms with Crippen LogP contribution in [-0.2, 0) is 6.54 Å². The third-order valence-electron chi connectivity index (χ3n) is 3.26. The summed E-state index contributed by atoms with van der Waals surface area (Å²) < 4.78 is 2.67. The molecule has 11 heteroatoms. The molecule has 0 saturated carbocycles. The topological polar surface area (TPSA) is 148 Å². The van der Waals surface area contributed by atoms with Crippen LogP contribution in [0.2, 0.25) is 0 Å². The Labute approximate surface area is 139 Å². The summed E-state index contributed by atoms with van der Waals surface area (Å²) in [7, 11) is 0. The summed E-state index contributed by atoms with van der Waals surface area (Å²) in [5.74, 6) is -0.221. The summed E-state index contributed by atoms with van der Waals surface area (Å²) in [5.41, 5.74) is -2.07. The van der Waals surface area contributed by atoms with Gasteiger partial charge in [0.05, 0.1) is 6.54 Å². The van der Waals surface area contributed by atoms with Crippen molar-refractivity contribution < 1.29 is 4.79 Å². The van der Waals surface area contributed by atoms with Gasteiger partial charge in [0.2, 0.25) is 0 Å². The summed E-state index contributed by atoms with van der Waals surface area (Å²) >= 11 is 0. The second-order valence-corrected chi connectivity index (χ2v) is 4.95. The number of nitrogens with zero attached hydrogens (tertiary/aromatic N) is 4. The molecule has 1 amide bonds. The molecular weight excluding hydrogens is 330 g/mol. The molecule has 0 aliphatic rings. The van der Waals surface area contributed by atoms with Crippen LogP contribution in [0.25, 0.3) is 5.82 Å². The van der Waals surface area contributed by atoms with Gasteiger partial charge < -0.3 is 10.3 Å². The molecule has 3 heterocycles. The molecule has 0 aromatic carbocycles. The molecule has 128 valence electrons. The lowest BCUT2D eigenvalue weighted by Gasteiger charge is -2.08. The maximum atomic E-state index is 11.9. The fourth-order valence-corrected chi connectivity index (χ4v) is 2.07. The molecule has 11 nitrogen and oxygen atoms in total. The smallest absolute Gasteiger partial charge is 0.325 e. The van der Waals surface area contributed by atoms with Crippen molar-refractivity contribution in [3.8, 4) is 5.82 Å². The van der Waals surface area contributed by atoms with Gasteiger partial charge in [0, 0.05) is 31.2 Å². The lowest BCUT2D eigenvalue weighted by molar-refractivity contribution is 0.0949. The zero-order chi connectivity index (χ0) is 17.8. The van der Waals surface area contributed by atoms with Crippen LogP contribution in [0.5, 0.6) is 0 Å². The molecule has 0 bridgehead atoms. The van der Waals surface area contributed by atoms with E-state index in [9.17, 15) is 19.2 Å². The van der Waals surface area contributed by atoms with Crippen molar-refractivity contribution >= 4 is 5.91 Å². The predicted molar refractivity (Wildman–Crippen MR) is 85.6 cm³/mol. The maximum Gasteiger partial charge on any atom is 0.325 e. The van der Waals surface area contributed by atoms with Crippen molar-refractivity contribution in [3.05, 3.63) is 73.5 Å². The van der Waals surface area contributed by atoms with Gasteiger partial charge in [-0.25, -0.2) is 14.2 Å². The second kappa shape index (κ2) is 6.78. The summed E-state index contributed by atoms with van der Waals surface area (Å²) in [6.07, 6.45) is 4.29. The van der Waals surface area contributed by atoms with E-state index < -0.39 is 17.2 Å². The van der Waals surface area contributed by atoms with E-state index in [2.05, 4.69) is 20.5 Å². The van der Waals surface area contributed by atoms with E-state index in [1.807, 2.05) is 4.98 Å². The van der Waals surface area contributed by atoms with Gasteiger partial charge in [-0.05, 0) is 12.1 Å². The summed E-state index contributed by atoms with van der Waals surface area (Å²) in [4.78, 5) is 50.4. The highest BCUT2D eigenvalue weighted by molar-refractivity contribution is 5.93. The van der Waals surface area contributed by atoms with Crippen molar-refractivity contribution in [2.45, 2.75) is 6.54 Å². The number of rotatable bonds is 5. The van der Waals surface area contributed by atoms with Crippen LogP contribution in [0.3, 0.4) is 0 Å². The van der Waals surface area contributed by atoms with Crippen molar-refractivity contribution in [1.82, 2.24) is 34.8 Å². The Bertz CT molecular complexity index is 1060. The minimum Gasteiger partial charge on any atom is -0.350 e. The molecule has 0 aliphatic heterocycles. The Kier molecular flexibility index (Phi) is 4.37. The van der Waals surface area contributed by atoms with Crippen LogP contribution < -0.4 is 22.1 Å². The van der Waals surface area contributed by atoms with Crippen molar-refractivity contribution in [1.29, 1.82) is 0 Å². The Balaban J connectivity index is 1.68. The third-order valence-corrected chi connectivity index (χ3v) is 3.26. The second-order valence-electron chi connectivity index (χ2n) is 4.95. The highest BCUT2D eigenvalue weighted by Crippen LogP contribution is 1.98. The van der Waals surface area contributed by atoms with Crippen LogP contribution in [0.1, 0.15) is 10.4 Å². The zero-order valence-electron chi connectivity index (χ0n) is 12.8. The van der Waals surface area contributed by atoms with E-state index in [0.29, 0.717) is 5.82 Å². The van der Waals surface area contributed by atoms with E-state index in [-0.39, 0.29) is 24.2 Å². The molecule has 3 N–H and O–H groups in total. The molecule has 25 heavy (non-hydrogen) atoms. The van der Waals surface area contributed by atoms with Crippen LogP contribution in [-0.4, -0.2) is 42.0 Å². The molecule has 0 radical (unpaired) electrons. The number of aromatic amines is 2. The summed E-state index contributed by atoms with van der Waals surface area (Å²) in [6.45, 7) is 0.161. The first-order valence-corrected chi connectivity index (χ1v) is 7.23. The molecule has 3 aromatic heterocycles. The number of carbonyl (C=O) groups is 1. The Morgan fingerprint density at radius 1 is 1.24 bits per heavy atom. The van der Waals surface area contributed by atoms with Crippen molar-refractivity contribution in [2.75, 3.05) is 6.54 Å². The van der Waals surface area contributed by atoms with E-state index >= 15 is 0 Å². The number of H-pyrrole nitrogens is 2. The van der Waals surface area contributed by atoms with Gasteiger partial charge >= 0.3 is 5.69 Å². The summed E-state index contributed by atoms with van der Waals surface area (Å²) in [6, 6.07) is 4.60. The maximum absolute atomic E-state index is 11.9. The van der Waals surface area contributed by atoms with Crippen molar-refractivity contribution in [2.24, 2.45) is 0 Å². The Morgan fingerprint density at radius 3 is 2.80 bits per heavy atom. The number of hydrogen-bond donors (Lipinski definition) is 3. The molecule has 0 saturated heterocycles. The molecule has 0 unspecified atom stereocenters. The molecule has 0 aliphatic carbocycles. The van der Waals surface area contributed by atoms with E-state index in [1.54, 1.807) is 18.5 Å². The minimum atomic E-state index is -0.794. The van der Waals surface area contributed by atoms with Crippen LogP contribution >= 0.6 is 0 Å². The monoisotopic (exact) mass is 343 g/mol. The average Bonchev–Trinajstić information content (AvgIpc) is 3.11. The molecule has 0 spiro atoms. The lowest BCUT2D eigenvalue weighted by atomic mass is 10.3. The molecule has 0 fully saturated rings. The molecule has 3 aromatic rings. The largest absolute Gasteiger partial charge is 0.350 e. The van der Waals surface area contributed by atoms with Crippen LogP contribution in [0.4, 0.5) is 0 Å². The number of aromatic nitrogens is 6. The van der Waals surface area contributed by atoms with E-state index in [4.69, 9.17) is 0 Å². The van der Waals surface area contributed by atoms with Gasteiger partial charge in [-0.1, -0.05) is 0 Å². The quantitative estimate of drug-likeness (QED) is 0.500.